The van der Waals surface area contributed by atoms with E-state index >= 15 is 0 Å². The van der Waals surface area contributed by atoms with Crippen LogP contribution in [0.3, 0.4) is 0 Å². The summed E-state index contributed by atoms with van der Waals surface area (Å²) in [6, 6.07) is 6.04. The van der Waals surface area contributed by atoms with Crippen molar-refractivity contribution in [1.82, 2.24) is 5.32 Å². The van der Waals surface area contributed by atoms with Crippen LogP contribution in [0, 0.1) is 6.92 Å². The van der Waals surface area contributed by atoms with E-state index in [2.05, 4.69) is 24.5 Å². The molecular weight excluding hydrogens is 248 g/mol. The molecule has 1 fully saturated rings. The van der Waals surface area contributed by atoms with E-state index in [1.807, 2.05) is 25.1 Å². The monoisotopic (exact) mass is 274 g/mol. The molecule has 3 nitrogen and oxygen atoms in total. The second kappa shape index (κ2) is 6.29. The molecule has 0 saturated heterocycles. The molecule has 1 aromatic rings. The predicted molar refractivity (Wildman–Crippen MR) is 84.3 cm³/mol. The third kappa shape index (κ3) is 3.53. The van der Waals surface area contributed by atoms with Crippen LogP contribution in [0.2, 0.25) is 0 Å². The molecule has 1 aliphatic rings. The summed E-state index contributed by atoms with van der Waals surface area (Å²) in [5.41, 5.74) is 2.81. The number of amides is 1. The molecule has 3 heteroatoms. The molecule has 0 aliphatic heterocycles. The van der Waals surface area contributed by atoms with E-state index in [0.717, 1.165) is 42.6 Å². The molecule has 0 radical (unpaired) electrons. The number of benzene rings is 1. The normalized spacial score (nSPS) is 16.9. The molecule has 110 valence electrons. The largest absolute Gasteiger partial charge is 0.384 e. The smallest absolute Gasteiger partial charge is 0.253 e. The molecule has 20 heavy (non-hydrogen) atoms. The SMILES string of the molecule is CCCNc1ccc(C)cc1C(=O)NC1(C)CCCC1. The second-order valence-corrected chi connectivity index (χ2v) is 6.20. The Morgan fingerprint density at radius 3 is 2.65 bits per heavy atom. The highest BCUT2D eigenvalue weighted by atomic mass is 16.1. The fourth-order valence-corrected chi connectivity index (χ4v) is 2.88. The van der Waals surface area contributed by atoms with E-state index in [1.165, 1.54) is 12.8 Å². The first kappa shape index (κ1) is 14.9. The van der Waals surface area contributed by atoms with Gasteiger partial charge in [-0.1, -0.05) is 31.4 Å². The molecule has 2 N–H and O–H groups in total. The van der Waals surface area contributed by atoms with Gasteiger partial charge in [-0.2, -0.15) is 0 Å². The van der Waals surface area contributed by atoms with Crippen LogP contribution in [0.5, 0.6) is 0 Å². The van der Waals surface area contributed by atoms with Crippen molar-refractivity contribution in [2.75, 3.05) is 11.9 Å². The Bertz CT molecular complexity index is 476. The van der Waals surface area contributed by atoms with Crippen molar-refractivity contribution in [2.45, 2.75) is 58.4 Å². The van der Waals surface area contributed by atoms with Crippen LogP contribution in [-0.2, 0) is 0 Å². The Kier molecular flexibility index (Phi) is 4.69. The predicted octanol–water partition coefficient (Wildman–Crippen LogP) is 3.88. The summed E-state index contributed by atoms with van der Waals surface area (Å²) < 4.78 is 0. The lowest BCUT2D eigenvalue weighted by Gasteiger charge is -2.26. The minimum absolute atomic E-state index is 0.0249. The zero-order valence-electron chi connectivity index (χ0n) is 12.9. The van der Waals surface area contributed by atoms with Crippen LogP contribution >= 0.6 is 0 Å². The standard InChI is InChI=1S/C17H26N2O/c1-4-11-18-15-8-7-13(2)12-14(15)16(20)19-17(3)9-5-6-10-17/h7-8,12,18H,4-6,9-11H2,1-3H3,(H,19,20). The average Bonchev–Trinajstić information content (AvgIpc) is 2.83. The number of hydrogen-bond acceptors (Lipinski definition) is 2. The van der Waals surface area contributed by atoms with Gasteiger partial charge in [-0.05, 0) is 45.2 Å². The summed E-state index contributed by atoms with van der Waals surface area (Å²) in [5.74, 6) is 0.0525. The van der Waals surface area contributed by atoms with Crippen LogP contribution in [0.1, 0.15) is 61.9 Å². The molecule has 0 unspecified atom stereocenters. The number of carbonyl (C=O) groups is 1. The van der Waals surface area contributed by atoms with E-state index < -0.39 is 0 Å². The Morgan fingerprint density at radius 2 is 2.00 bits per heavy atom. The highest BCUT2D eigenvalue weighted by Gasteiger charge is 2.30. The lowest BCUT2D eigenvalue weighted by molar-refractivity contribution is 0.0909. The van der Waals surface area contributed by atoms with Gasteiger partial charge in [0.05, 0.1) is 5.56 Å². The Labute approximate surface area is 122 Å². The zero-order chi connectivity index (χ0) is 14.6. The molecular formula is C17H26N2O. The molecule has 0 spiro atoms. The first-order valence-corrected chi connectivity index (χ1v) is 7.71. The summed E-state index contributed by atoms with van der Waals surface area (Å²) in [6.45, 7) is 7.20. The lowest BCUT2D eigenvalue weighted by Crippen LogP contribution is -2.43. The minimum Gasteiger partial charge on any atom is -0.384 e. The van der Waals surface area contributed by atoms with Crippen molar-refractivity contribution in [3.63, 3.8) is 0 Å². The highest BCUT2D eigenvalue weighted by Crippen LogP contribution is 2.29. The van der Waals surface area contributed by atoms with Gasteiger partial charge in [0.1, 0.15) is 0 Å². The van der Waals surface area contributed by atoms with Gasteiger partial charge in [-0.15, -0.1) is 0 Å². The van der Waals surface area contributed by atoms with Crippen LogP contribution in [0.4, 0.5) is 5.69 Å². The first-order valence-electron chi connectivity index (χ1n) is 7.71. The van der Waals surface area contributed by atoms with Gasteiger partial charge in [0.2, 0.25) is 0 Å². The quantitative estimate of drug-likeness (QED) is 0.855. The van der Waals surface area contributed by atoms with Crippen LogP contribution < -0.4 is 10.6 Å². The van der Waals surface area contributed by atoms with Gasteiger partial charge < -0.3 is 10.6 Å². The zero-order valence-corrected chi connectivity index (χ0v) is 12.9. The number of nitrogens with one attached hydrogen (secondary N) is 2. The maximum absolute atomic E-state index is 12.6. The minimum atomic E-state index is -0.0249. The number of hydrogen-bond donors (Lipinski definition) is 2. The third-order valence-corrected chi connectivity index (χ3v) is 4.11. The summed E-state index contributed by atoms with van der Waals surface area (Å²) in [6.07, 6.45) is 5.65. The summed E-state index contributed by atoms with van der Waals surface area (Å²) >= 11 is 0. The molecule has 0 atom stereocenters. The summed E-state index contributed by atoms with van der Waals surface area (Å²) in [5, 5.41) is 6.58. The van der Waals surface area contributed by atoms with Crippen LogP contribution in [0.25, 0.3) is 0 Å². The van der Waals surface area contributed by atoms with Gasteiger partial charge >= 0.3 is 0 Å². The van der Waals surface area contributed by atoms with Crippen molar-refractivity contribution in [3.8, 4) is 0 Å². The Hall–Kier alpha value is -1.51. The van der Waals surface area contributed by atoms with Gasteiger partial charge in [0.25, 0.3) is 5.91 Å². The number of aryl methyl sites for hydroxylation is 1. The third-order valence-electron chi connectivity index (χ3n) is 4.11. The van der Waals surface area contributed by atoms with E-state index in [1.54, 1.807) is 0 Å². The molecule has 0 heterocycles. The van der Waals surface area contributed by atoms with Crippen LogP contribution in [0.15, 0.2) is 18.2 Å². The topological polar surface area (TPSA) is 41.1 Å². The van der Waals surface area contributed by atoms with E-state index in [4.69, 9.17) is 0 Å². The average molecular weight is 274 g/mol. The maximum atomic E-state index is 12.6. The fraction of sp³-hybridized carbons (Fsp3) is 0.588. The van der Waals surface area contributed by atoms with Gasteiger partial charge in [0.15, 0.2) is 0 Å². The molecule has 1 aliphatic carbocycles. The van der Waals surface area contributed by atoms with Crippen LogP contribution in [-0.4, -0.2) is 18.0 Å². The Balaban J connectivity index is 2.17. The molecule has 1 aromatic carbocycles. The van der Waals surface area contributed by atoms with Crippen molar-refractivity contribution in [1.29, 1.82) is 0 Å². The molecule has 1 amide bonds. The van der Waals surface area contributed by atoms with Crippen molar-refractivity contribution in [2.24, 2.45) is 0 Å². The molecule has 0 aromatic heterocycles. The number of anilines is 1. The molecule has 2 rings (SSSR count). The molecule has 0 bridgehead atoms. The van der Waals surface area contributed by atoms with Gasteiger partial charge in [-0.25, -0.2) is 0 Å². The maximum Gasteiger partial charge on any atom is 0.253 e. The first-order chi connectivity index (χ1) is 9.54. The highest BCUT2D eigenvalue weighted by molar-refractivity contribution is 6.00. The van der Waals surface area contributed by atoms with E-state index in [9.17, 15) is 4.79 Å². The van der Waals surface area contributed by atoms with E-state index in [-0.39, 0.29) is 11.4 Å². The van der Waals surface area contributed by atoms with Gasteiger partial charge in [0, 0.05) is 17.8 Å². The van der Waals surface area contributed by atoms with E-state index in [0.29, 0.717) is 0 Å². The van der Waals surface area contributed by atoms with Gasteiger partial charge in [-0.3, -0.25) is 4.79 Å². The van der Waals surface area contributed by atoms with Crippen molar-refractivity contribution in [3.05, 3.63) is 29.3 Å². The lowest BCUT2D eigenvalue weighted by atomic mass is 9.99. The fourth-order valence-electron chi connectivity index (χ4n) is 2.88. The van der Waals surface area contributed by atoms with Crippen molar-refractivity contribution < 1.29 is 4.79 Å². The van der Waals surface area contributed by atoms with Crippen molar-refractivity contribution >= 4 is 11.6 Å². The molecule has 1 saturated carbocycles. The number of carbonyl (C=O) groups excluding carboxylic acids is 1. The summed E-state index contributed by atoms with van der Waals surface area (Å²) in [4.78, 5) is 12.6. The summed E-state index contributed by atoms with van der Waals surface area (Å²) in [7, 11) is 0. The second-order valence-electron chi connectivity index (χ2n) is 6.20. The number of rotatable bonds is 5. The Morgan fingerprint density at radius 1 is 1.30 bits per heavy atom.